The number of benzene rings is 1. The monoisotopic (exact) mass is 253 g/mol. The molecule has 0 N–H and O–H groups in total. The molecule has 0 amide bonds. The lowest BCUT2D eigenvalue weighted by Gasteiger charge is -2.34. The van der Waals surface area contributed by atoms with Crippen LogP contribution >= 0.6 is 15.9 Å². The van der Waals surface area contributed by atoms with Crippen molar-refractivity contribution in [2.24, 2.45) is 5.92 Å². The smallest absolute Gasteiger partial charge is 0.168 e. The Hall–Kier alpha value is -0.670. The molecule has 1 saturated heterocycles. The van der Waals surface area contributed by atoms with Crippen LogP contribution in [0.3, 0.4) is 0 Å². The van der Waals surface area contributed by atoms with Gasteiger partial charge in [-0.1, -0.05) is 28.1 Å². The second-order valence-electron chi connectivity index (χ2n) is 3.79. The molecule has 1 aromatic carbocycles. The summed E-state index contributed by atoms with van der Waals surface area (Å²) < 4.78 is 1.01. The second-order valence-corrected chi connectivity index (χ2v) is 4.70. The third-order valence-electron chi connectivity index (χ3n) is 2.56. The van der Waals surface area contributed by atoms with E-state index in [4.69, 9.17) is 0 Å². The molecule has 0 aliphatic carbocycles. The van der Waals surface area contributed by atoms with Crippen molar-refractivity contribution < 1.29 is 4.79 Å². The van der Waals surface area contributed by atoms with Crippen LogP contribution in [0.4, 0.5) is 0 Å². The molecule has 1 aliphatic rings. The van der Waals surface area contributed by atoms with Gasteiger partial charge >= 0.3 is 0 Å². The number of carbonyl (C=O) groups is 1. The van der Waals surface area contributed by atoms with Crippen molar-refractivity contribution in [1.82, 2.24) is 4.90 Å². The van der Waals surface area contributed by atoms with Crippen LogP contribution in [0.25, 0.3) is 0 Å². The van der Waals surface area contributed by atoms with Gasteiger partial charge in [-0.2, -0.15) is 0 Å². The highest BCUT2D eigenvalue weighted by molar-refractivity contribution is 9.10. The molecule has 3 heteroatoms. The van der Waals surface area contributed by atoms with E-state index in [1.807, 2.05) is 31.3 Å². The second kappa shape index (κ2) is 3.83. The zero-order valence-corrected chi connectivity index (χ0v) is 9.62. The van der Waals surface area contributed by atoms with Crippen LogP contribution in [-0.2, 0) is 0 Å². The predicted octanol–water partition coefficient (Wildman–Crippen LogP) is 2.19. The maximum Gasteiger partial charge on any atom is 0.168 e. The Morgan fingerprint density at radius 3 is 2.43 bits per heavy atom. The molecule has 0 aromatic heterocycles. The molecule has 0 atom stereocenters. The van der Waals surface area contributed by atoms with E-state index < -0.39 is 0 Å². The maximum atomic E-state index is 11.8. The van der Waals surface area contributed by atoms with Gasteiger partial charge in [-0.3, -0.25) is 4.79 Å². The molecule has 0 saturated carbocycles. The highest BCUT2D eigenvalue weighted by Gasteiger charge is 2.30. The fourth-order valence-corrected chi connectivity index (χ4v) is 1.98. The first-order chi connectivity index (χ1) is 6.66. The molecule has 2 nitrogen and oxygen atoms in total. The summed E-state index contributed by atoms with van der Waals surface area (Å²) >= 11 is 3.35. The van der Waals surface area contributed by atoms with Gasteiger partial charge in [0.1, 0.15) is 0 Å². The van der Waals surface area contributed by atoms with Gasteiger partial charge in [-0.15, -0.1) is 0 Å². The first-order valence-corrected chi connectivity index (χ1v) is 5.44. The Morgan fingerprint density at radius 1 is 1.36 bits per heavy atom. The number of nitrogens with zero attached hydrogens (tertiary/aromatic N) is 1. The highest BCUT2D eigenvalue weighted by atomic mass is 79.9. The topological polar surface area (TPSA) is 20.3 Å². The Bertz CT molecular complexity index is 341. The van der Waals surface area contributed by atoms with Crippen molar-refractivity contribution in [2.45, 2.75) is 0 Å². The van der Waals surface area contributed by atoms with Gasteiger partial charge in [0.25, 0.3) is 0 Å². The Morgan fingerprint density at radius 2 is 1.93 bits per heavy atom. The van der Waals surface area contributed by atoms with Crippen molar-refractivity contribution in [3.05, 3.63) is 34.3 Å². The van der Waals surface area contributed by atoms with Crippen LogP contribution in [0.1, 0.15) is 10.4 Å². The van der Waals surface area contributed by atoms with Gasteiger partial charge in [0.05, 0.1) is 0 Å². The van der Waals surface area contributed by atoms with Crippen LogP contribution in [0.15, 0.2) is 28.7 Å². The zero-order chi connectivity index (χ0) is 10.1. The van der Waals surface area contributed by atoms with E-state index in [9.17, 15) is 4.79 Å². The minimum Gasteiger partial charge on any atom is -0.305 e. The van der Waals surface area contributed by atoms with E-state index in [0.717, 1.165) is 23.1 Å². The molecule has 2 rings (SSSR count). The summed E-state index contributed by atoms with van der Waals surface area (Å²) in [5, 5.41) is 0. The molecular formula is C11H12BrNO. The summed E-state index contributed by atoms with van der Waals surface area (Å²) in [7, 11) is 2.03. The largest absolute Gasteiger partial charge is 0.305 e. The molecule has 0 unspecified atom stereocenters. The van der Waals surface area contributed by atoms with Gasteiger partial charge < -0.3 is 4.90 Å². The Labute approximate surface area is 92.0 Å². The standard InChI is InChI=1S/C11H12BrNO/c1-13-6-9(7-13)11(14)8-2-4-10(12)5-3-8/h2-5,9H,6-7H2,1H3. The number of halogens is 1. The van der Waals surface area contributed by atoms with Crippen LogP contribution in [0.2, 0.25) is 0 Å². The number of rotatable bonds is 2. The number of hydrogen-bond donors (Lipinski definition) is 0. The number of ketones is 1. The Kier molecular flexibility index (Phi) is 2.70. The van der Waals surface area contributed by atoms with Crippen molar-refractivity contribution in [2.75, 3.05) is 20.1 Å². The summed E-state index contributed by atoms with van der Waals surface area (Å²) in [6.07, 6.45) is 0. The third kappa shape index (κ3) is 1.88. The summed E-state index contributed by atoms with van der Waals surface area (Å²) in [5.74, 6) is 0.483. The van der Waals surface area contributed by atoms with E-state index in [2.05, 4.69) is 20.8 Å². The SMILES string of the molecule is CN1CC(C(=O)c2ccc(Br)cc2)C1. The minimum absolute atomic E-state index is 0.209. The molecule has 1 fully saturated rings. The lowest BCUT2D eigenvalue weighted by molar-refractivity contribution is 0.0702. The average Bonchev–Trinajstić information content (AvgIpc) is 2.13. The lowest BCUT2D eigenvalue weighted by Crippen LogP contribution is -2.47. The molecule has 74 valence electrons. The van der Waals surface area contributed by atoms with Gasteiger partial charge in [0, 0.05) is 29.0 Å². The summed E-state index contributed by atoms with van der Waals surface area (Å²) in [4.78, 5) is 14.0. The van der Waals surface area contributed by atoms with Gasteiger partial charge in [0.2, 0.25) is 0 Å². The van der Waals surface area contributed by atoms with Gasteiger partial charge in [-0.25, -0.2) is 0 Å². The van der Waals surface area contributed by atoms with Gasteiger partial charge in [0.15, 0.2) is 5.78 Å². The van der Waals surface area contributed by atoms with Crippen LogP contribution < -0.4 is 0 Å². The lowest BCUT2D eigenvalue weighted by atomic mass is 9.91. The molecule has 0 spiro atoms. The van der Waals surface area contributed by atoms with E-state index in [1.165, 1.54) is 0 Å². The summed E-state index contributed by atoms with van der Waals surface area (Å²) in [6.45, 7) is 1.80. The van der Waals surface area contributed by atoms with E-state index in [0.29, 0.717) is 0 Å². The average molecular weight is 254 g/mol. The predicted molar refractivity (Wildman–Crippen MR) is 59.5 cm³/mol. The molecule has 1 aliphatic heterocycles. The molecule has 1 aromatic rings. The number of hydrogen-bond acceptors (Lipinski definition) is 2. The number of Topliss-reactive ketones (excluding diaryl/α,β-unsaturated/α-hetero) is 1. The molecule has 0 radical (unpaired) electrons. The Balaban J connectivity index is 2.08. The fraction of sp³-hybridized carbons (Fsp3) is 0.364. The van der Waals surface area contributed by atoms with Crippen molar-refractivity contribution in [1.29, 1.82) is 0 Å². The van der Waals surface area contributed by atoms with Crippen LogP contribution in [0.5, 0.6) is 0 Å². The van der Waals surface area contributed by atoms with E-state index >= 15 is 0 Å². The number of likely N-dealkylation sites (tertiary alicyclic amines) is 1. The first-order valence-electron chi connectivity index (χ1n) is 4.65. The van der Waals surface area contributed by atoms with E-state index in [1.54, 1.807) is 0 Å². The molecule has 14 heavy (non-hydrogen) atoms. The maximum absolute atomic E-state index is 11.8. The molecule has 1 heterocycles. The number of carbonyl (C=O) groups excluding carboxylic acids is 1. The van der Waals surface area contributed by atoms with Crippen LogP contribution in [0, 0.1) is 5.92 Å². The quantitative estimate of drug-likeness (QED) is 0.754. The van der Waals surface area contributed by atoms with Crippen molar-refractivity contribution in [3.63, 3.8) is 0 Å². The first kappa shape index (κ1) is 9.87. The highest BCUT2D eigenvalue weighted by Crippen LogP contribution is 2.20. The molecule has 0 bridgehead atoms. The summed E-state index contributed by atoms with van der Waals surface area (Å²) in [6, 6.07) is 7.58. The van der Waals surface area contributed by atoms with Gasteiger partial charge in [-0.05, 0) is 19.2 Å². The molecular weight excluding hydrogens is 242 g/mol. The van der Waals surface area contributed by atoms with E-state index in [-0.39, 0.29) is 11.7 Å². The van der Waals surface area contributed by atoms with Crippen molar-refractivity contribution >= 4 is 21.7 Å². The minimum atomic E-state index is 0.209. The zero-order valence-electron chi connectivity index (χ0n) is 8.03. The third-order valence-corrected chi connectivity index (χ3v) is 3.09. The van der Waals surface area contributed by atoms with Crippen molar-refractivity contribution in [3.8, 4) is 0 Å². The normalized spacial score (nSPS) is 17.9. The summed E-state index contributed by atoms with van der Waals surface area (Å²) in [5.41, 5.74) is 0.825. The fourth-order valence-electron chi connectivity index (χ4n) is 1.71. The van der Waals surface area contributed by atoms with Crippen LogP contribution in [-0.4, -0.2) is 30.8 Å².